The Balaban J connectivity index is 1.95. The SMILES string of the molecule is Cc1cccc(C2=N/C(=C\c3ccc(F)c(F)c3)C(=O)O2)c1. The van der Waals surface area contributed by atoms with E-state index in [1.165, 1.54) is 12.1 Å². The second-order valence-electron chi connectivity index (χ2n) is 4.88. The third kappa shape index (κ3) is 2.79. The molecule has 1 aliphatic heterocycles. The number of ether oxygens (including phenoxy) is 1. The second-order valence-corrected chi connectivity index (χ2v) is 4.88. The van der Waals surface area contributed by atoms with Gasteiger partial charge < -0.3 is 4.74 Å². The minimum Gasteiger partial charge on any atom is -0.402 e. The number of benzene rings is 2. The number of hydrogen-bond donors (Lipinski definition) is 0. The van der Waals surface area contributed by atoms with Crippen LogP contribution in [-0.4, -0.2) is 11.9 Å². The average molecular weight is 299 g/mol. The summed E-state index contributed by atoms with van der Waals surface area (Å²) in [5, 5.41) is 0. The number of rotatable bonds is 2. The van der Waals surface area contributed by atoms with Gasteiger partial charge in [-0.3, -0.25) is 0 Å². The van der Waals surface area contributed by atoms with Crippen LogP contribution in [0.25, 0.3) is 6.08 Å². The summed E-state index contributed by atoms with van der Waals surface area (Å²) in [6, 6.07) is 10.7. The third-order valence-corrected chi connectivity index (χ3v) is 3.13. The molecule has 0 aromatic heterocycles. The lowest BCUT2D eigenvalue weighted by molar-refractivity contribution is -0.129. The monoisotopic (exact) mass is 299 g/mol. The smallest absolute Gasteiger partial charge is 0.363 e. The first-order chi connectivity index (χ1) is 10.5. The molecule has 5 heteroatoms. The molecule has 0 N–H and O–H groups in total. The van der Waals surface area contributed by atoms with Crippen molar-refractivity contribution in [2.24, 2.45) is 4.99 Å². The number of carbonyl (C=O) groups is 1. The van der Waals surface area contributed by atoms with Crippen molar-refractivity contribution in [2.45, 2.75) is 6.92 Å². The van der Waals surface area contributed by atoms with E-state index in [1.54, 1.807) is 6.07 Å². The molecule has 22 heavy (non-hydrogen) atoms. The maximum Gasteiger partial charge on any atom is 0.363 e. The predicted octanol–water partition coefficient (Wildman–Crippen LogP) is 3.62. The maximum atomic E-state index is 13.2. The molecule has 1 heterocycles. The number of aliphatic imine (C=N–C) groups is 1. The molecule has 1 aliphatic rings. The van der Waals surface area contributed by atoms with Crippen molar-refractivity contribution in [2.75, 3.05) is 0 Å². The first kappa shape index (κ1) is 14.1. The highest BCUT2D eigenvalue weighted by Gasteiger charge is 2.24. The molecule has 0 aliphatic carbocycles. The van der Waals surface area contributed by atoms with Gasteiger partial charge in [0.2, 0.25) is 5.90 Å². The molecule has 0 spiro atoms. The van der Waals surface area contributed by atoms with E-state index in [1.807, 2.05) is 25.1 Å². The van der Waals surface area contributed by atoms with Gasteiger partial charge in [0.05, 0.1) is 0 Å². The van der Waals surface area contributed by atoms with E-state index in [9.17, 15) is 13.6 Å². The summed E-state index contributed by atoms with van der Waals surface area (Å²) in [5.41, 5.74) is 2.07. The minimum absolute atomic E-state index is 0.0440. The third-order valence-electron chi connectivity index (χ3n) is 3.13. The van der Waals surface area contributed by atoms with Crippen molar-refractivity contribution in [3.63, 3.8) is 0 Å². The molecular weight excluding hydrogens is 288 g/mol. The van der Waals surface area contributed by atoms with Crippen LogP contribution in [0.4, 0.5) is 8.78 Å². The molecule has 3 nitrogen and oxygen atoms in total. The zero-order valence-corrected chi connectivity index (χ0v) is 11.6. The molecule has 0 atom stereocenters. The van der Waals surface area contributed by atoms with E-state index in [-0.39, 0.29) is 11.6 Å². The van der Waals surface area contributed by atoms with Crippen molar-refractivity contribution in [1.29, 1.82) is 0 Å². The van der Waals surface area contributed by atoms with Crippen molar-refractivity contribution in [3.8, 4) is 0 Å². The Labute approximate surface area is 125 Å². The Morgan fingerprint density at radius 3 is 2.64 bits per heavy atom. The van der Waals surface area contributed by atoms with Crippen LogP contribution in [-0.2, 0) is 9.53 Å². The number of hydrogen-bond acceptors (Lipinski definition) is 3. The molecule has 0 unspecified atom stereocenters. The topological polar surface area (TPSA) is 38.7 Å². The summed E-state index contributed by atoms with van der Waals surface area (Å²) < 4.78 is 31.2. The Kier molecular flexibility index (Phi) is 3.55. The number of nitrogens with zero attached hydrogens (tertiary/aromatic N) is 1. The normalized spacial score (nSPS) is 15.9. The van der Waals surface area contributed by atoms with Gasteiger partial charge in [0.15, 0.2) is 17.3 Å². The Bertz CT molecular complexity index is 825. The summed E-state index contributed by atoms with van der Waals surface area (Å²) >= 11 is 0. The standard InChI is InChI=1S/C17H11F2NO2/c1-10-3-2-4-12(7-10)16-20-15(17(21)22-16)9-11-5-6-13(18)14(19)8-11/h2-9H,1H3/b15-9-. The molecule has 110 valence electrons. The lowest BCUT2D eigenvalue weighted by Gasteiger charge is -1.99. The van der Waals surface area contributed by atoms with Crippen LogP contribution in [0.15, 0.2) is 53.2 Å². The van der Waals surface area contributed by atoms with Crippen molar-refractivity contribution in [3.05, 3.63) is 76.5 Å². The number of halogens is 2. The Hall–Kier alpha value is -2.82. The van der Waals surface area contributed by atoms with Gasteiger partial charge in [0, 0.05) is 5.56 Å². The largest absolute Gasteiger partial charge is 0.402 e. The predicted molar refractivity (Wildman–Crippen MR) is 78.1 cm³/mol. The fourth-order valence-electron chi connectivity index (χ4n) is 2.07. The van der Waals surface area contributed by atoms with Crippen LogP contribution >= 0.6 is 0 Å². The first-order valence-electron chi connectivity index (χ1n) is 6.57. The Morgan fingerprint density at radius 1 is 1.09 bits per heavy atom. The number of esters is 1. The van der Waals surface area contributed by atoms with Crippen molar-refractivity contribution >= 4 is 17.9 Å². The minimum atomic E-state index is -0.983. The van der Waals surface area contributed by atoms with Gasteiger partial charge in [0.25, 0.3) is 0 Å². The number of cyclic esters (lactones) is 1. The highest BCUT2D eigenvalue weighted by atomic mass is 19.2. The molecule has 0 radical (unpaired) electrons. The fourth-order valence-corrected chi connectivity index (χ4v) is 2.07. The molecule has 2 aromatic carbocycles. The van der Waals surface area contributed by atoms with Gasteiger partial charge in [-0.25, -0.2) is 18.6 Å². The van der Waals surface area contributed by atoms with Gasteiger partial charge in [-0.05, 0) is 42.8 Å². The molecule has 2 aromatic rings. The summed E-state index contributed by atoms with van der Waals surface area (Å²) in [6.07, 6.45) is 1.35. The van der Waals surface area contributed by atoms with Crippen LogP contribution in [0.2, 0.25) is 0 Å². The highest BCUT2D eigenvalue weighted by molar-refractivity contribution is 6.12. The van der Waals surface area contributed by atoms with Crippen LogP contribution in [0.3, 0.4) is 0 Å². The zero-order valence-electron chi connectivity index (χ0n) is 11.6. The van der Waals surface area contributed by atoms with Crippen molar-refractivity contribution < 1.29 is 18.3 Å². The van der Waals surface area contributed by atoms with Crippen molar-refractivity contribution in [1.82, 2.24) is 0 Å². The van der Waals surface area contributed by atoms with Gasteiger partial charge in [-0.1, -0.05) is 23.8 Å². The molecule has 0 saturated carbocycles. The maximum absolute atomic E-state index is 13.2. The van der Waals surface area contributed by atoms with E-state index in [0.717, 1.165) is 17.7 Å². The van der Waals surface area contributed by atoms with E-state index >= 15 is 0 Å². The highest BCUT2D eigenvalue weighted by Crippen LogP contribution is 2.20. The summed E-state index contributed by atoms with van der Waals surface area (Å²) in [5.74, 6) is -2.35. The first-order valence-corrected chi connectivity index (χ1v) is 6.57. The van der Waals surface area contributed by atoms with E-state index in [4.69, 9.17) is 4.74 Å². The molecule has 0 bridgehead atoms. The summed E-state index contributed by atoms with van der Waals surface area (Å²) in [6.45, 7) is 1.92. The van der Waals surface area contributed by atoms with Gasteiger partial charge in [0.1, 0.15) is 0 Å². The summed E-state index contributed by atoms with van der Waals surface area (Å²) in [4.78, 5) is 15.9. The van der Waals surface area contributed by atoms with Crippen LogP contribution in [0, 0.1) is 18.6 Å². The molecule has 3 rings (SSSR count). The Morgan fingerprint density at radius 2 is 1.91 bits per heavy atom. The quantitative estimate of drug-likeness (QED) is 0.627. The molecule has 0 saturated heterocycles. The lowest BCUT2D eigenvalue weighted by atomic mass is 10.1. The van der Waals surface area contributed by atoms with Crippen LogP contribution in [0.1, 0.15) is 16.7 Å². The van der Waals surface area contributed by atoms with Crippen LogP contribution < -0.4 is 0 Å². The number of aryl methyl sites for hydroxylation is 1. The van der Waals surface area contributed by atoms with Gasteiger partial charge in [-0.15, -0.1) is 0 Å². The zero-order chi connectivity index (χ0) is 15.7. The lowest BCUT2D eigenvalue weighted by Crippen LogP contribution is -2.05. The van der Waals surface area contributed by atoms with Crippen LogP contribution in [0.5, 0.6) is 0 Å². The van der Waals surface area contributed by atoms with Gasteiger partial charge >= 0.3 is 5.97 Å². The van der Waals surface area contributed by atoms with Gasteiger partial charge in [-0.2, -0.15) is 0 Å². The number of carbonyl (C=O) groups excluding carboxylic acids is 1. The molecule has 0 fully saturated rings. The van der Waals surface area contributed by atoms with E-state index < -0.39 is 17.6 Å². The average Bonchev–Trinajstić information content (AvgIpc) is 2.84. The fraction of sp³-hybridized carbons (Fsp3) is 0.0588. The summed E-state index contributed by atoms with van der Waals surface area (Å²) in [7, 11) is 0. The van der Waals surface area contributed by atoms with E-state index in [0.29, 0.717) is 11.1 Å². The second kappa shape index (κ2) is 5.52. The molecular formula is C17H11F2NO2. The van der Waals surface area contributed by atoms with E-state index in [2.05, 4.69) is 4.99 Å². The molecule has 0 amide bonds.